The Morgan fingerprint density at radius 2 is 2.40 bits per heavy atom. The van der Waals surface area contributed by atoms with Gasteiger partial charge < -0.3 is 5.32 Å². The molecule has 1 aromatic heterocycles. The third-order valence-electron chi connectivity index (χ3n) is 3.06. The maximum Gasteiger partial charge on any atom is 0.252 e. The zero-order valence-electron chi connectivity index (χ0n) is 8.09. The number of nitrogens with zero attached hydrogens (tertiary/aromatic N) is 1. The lowest BCUT2D eigenvalue weighted by Crippen LogP contribution is -2.46. The molecular formula is C9H12N2O2S2. The van der Waals surface area contributed by atoms with E-state index in [2.05, 4.69) is 5.32 Å². The van der Waals surface area contributed by atoms with Gasteiger partial charge in [-0.2, -0.15) is 4.31 Å². The quantitative estimate of drug-likeness (QED) is 0.823. The van der Waals surface area contributed by atoms with Gasteiger partial charge in [-0.25, -0.2) is 8.42 Å². The van der Waals surface area contributed by atoms with Gasteiger partial charge in [0.1, 0.15) is 4.21 Å². The van der Waals surface area contributed by atoms with Crippen LogP contribution < -0.4 is 5.32 Å². The molecule has 0 spiro atoms. The van der Waals surface area contributed by atoms with Gasteiger partial charge >= 0.3 is 0 Å². The normalized spacial score (nSPS) is 31.2. The van der Waals surface area contributed by atoms with Crippen LogP contribution in [0.25, 0.3) is 0 Å². The lowest BCUT2D eigenvalue weighted by Gasteiger charge is -2.25. The number of fused-ring (bicyclic) bond motifs is 2. The van der Waals surface area contributed by atoms with E-state index in [1.807, 2.05) is 0 Å². The second kappa shape index (κ2) is 3.28. The molecule has 2 saturated heterocycles. The molecule has 0 amide bonds. The van der Waals surface area contributed by atoms with E-state index < -0.39 is 10.0 Å². The molecule has 2 atom stereocenters. The molecule has 4 nitrogen and oxygen atoms in total. The first-order chi connectivity index (χ1) is 7.18. The molecule has 2 bridgehead atoms. The van der Waals surface area contributed by atoms with Gasteiger partial charge in [0.15, 0.2) is 0 Å². The van der Waals surface area contributed by atoms with Gasteiger partial charge in [-0.1, -0.05) is 6.07 Å². The Bertz CT molecular complexity index is 454. The average Bonchev–Trinajstić information content (AvgIpc) is 2.94. The molecule has 3 rings (SSSR count). The lowest BCUT2D eigenvalue weighted by atomic mass is 10.2. The van der Waals surface area contributed by atoms with E-state index in [4.69, 9.17) is 0 Å². The fourth-order valence-corrected chi connectivity index (χ4v) is 5.14. The van der Waals surface area contributed by atoms with Gasteiger partial charge in [0.05, 0.1) is 0 Å². The maximum atomic E-state index is 12.2. The predicted octanol–water partition coefficient (Wildman–Crippen LogP) is 0.483. The molecule has 0 aromatic carbocycles. The number of thiophene rings is 1. The van der Waals surface area contributed by atoms with Crippen molar-refractivity contribution in [3.63, 3.8) is 0 Å². The highest BCUT2D eigenvalue weighted by Crippen LogP contribution is 2.31. The van der Waals surface area contributed by atoms with Crippen molar-refractivity contribution in [2.45, 2.75) is 22.7 Å². The molecule has 1 aromatic rings. The highest BCUT2D eigenvalue weighted by molar-refractivity contribution is 7.91. The molecule has 0 aliphatic carbocycles. The van der Waals surface area contributed by atoms with E-state index >= 15 is 0 Å². The molecule has 2 aliphatic heterocycles. The molecule has 0 radical (unpaired) electrons. The van der Waals surface area contributed by atoms with Gasteiger partial charge in [-0.15, -0.1) is 11.3 Å². The molecule has 6 heteroatoms. The SMILES string of the molecule is O=S(=O)(c1cccs1)N1CC2CC1CN2. The second-order valence-electron chi connectivity index (χ2n) is 4.00. The van der Waals surface area contributed by atoms with E-state index in [1.165, 1.54) is 11.3 Å². The van der Waals surface area contributed by atoms with Gasteiger partial charge in [-0.3, -0.25) is 0 Å². The van der Waals surface area contributed by atoms with Crippen LogP contribution in [0.15, 0.2) is 21.7 Å². The van der Waals surface area contributed by atoms with Gasteiger partial charge in [0.25, 0.3) is 10.0 Å². The second-order valence-corrected chi connectivity index (χ2v) is 7.07. The number of sulfonamides is 1. The highest BCUT2D eigenvalue weighted by atomic mass is 32.2. The molecule has 2 fully saturated rings. The number of nitrogens with one attached hydrogen (secondary N) is 1. The van der Waals surface area contributed by atoms with Crippen molar-refractivity contribution in [1.82, 2.24) is 9.62 Å². The average molecular weight is 244 g/mol. The summed E-state index contributed by atoms with van der Waals surface area (Å²) in [5.41, 5.74) is 0. The van der Waals surface area contributed by atoms with Crippen molar-refractivity contribution in [3.05, 3.63) is 17.5 Å². The van der Waals surface area contributed by atoms with E-state index in [1.54, 1.807) is 21.8 Å². The summed E-state index contributed by atoms with van der Waals surface area (Å²) < 4.78 is 26.5. The summed E-state index contributed by atoms with van der Waals surface area (Å²) in [6, 6.07) is 4.00. The molecular weight excluding hydrogens is 232 g/mol. The predicted molar refractivity (Wildman–Crippen MR) is 58.4 cm³/mol. The summed E-state index contributed by atoms with van der Waals surface area (Å²) in [5, 5.41) is 5.11. The molecule has 3 heterocycles. The fraction of sp³-hybridized carbons (Fsp3) is 0.556. The zero-order chi connectivity index (χ0) is 10.5. The number of hydrogen-bond acceptors (Lipinski definition) is 4. The molecule has 2 aliphatic rings. The van der Waals surface area contributed by atoms with Crippen LogP contribution >= 0.6 is 11.3 Å². The Morgan fingerprint density at radius 3 is 2.93 bits per heavy atom. The van der Waals surface area contributed by atoms with Crippen molar-refractivity contribution in [2.75, 3.05) is 13.1 Å². The summed E-state index contributed by atoms with van der Waals surface area (Å²) >= 11 is 1.29. The van der Waals surface area contributed by atoms with Gasteiger partial charge in [0, 0.05) is 25.2 Å². The van der Waals surface area contributed by atoms with Crippen molar-refractivity contribution < 1.29 is 8.42 Å². The summed E-state index contributed by atoms with van der Waals surface area (Å²) in [4.78, 5) is 0. The van der Waals surface area contributed by atoms with Crippen LogP contribution in [-0.2, 0) is 10.0 Å². The standard InChI is InChI=1S/C9H12N2O2S2/c12-15(13,9-2-1-3-14-9)11-6-7-4-8(11)5-10-7/h1-3,7-8,10H,4-6H2. The minimum absolute atomic E-state index is 0.169. The van der Waals surface area contributed by atoms with Crippen molar-refractivity contribution in [2.24, 2.45) is 0 Å². The third-order valence-corrected chi connectivity index (χ3v) is 6.36. The first-order valence-electron chi connectivity index (χ1n) is 4.96. The van der Waals surface area contributed by atoms with Crippen LogP contribution in [-0.4, -0.2) is 37.9 Å². The first kappa shape index (κ1) is 9.77. The Hall–Kier alpha value is -0.430. The Labute approximate surface area is 93.0 Å². The van der Waals surface area contributed by atoms with E-state index in [0.29, 0.717) is 16.8 Å². The van der Waals surface area contributed by atoms with Gasteiger partial charge in [-0.05, 0) is 17.9 Å². The highest BCUT2D eigenvalue weighted by Gasteiger charge is 2.44. The number of hydrogen-bond donors (Lipinski definition) is 1. The summed E-state index contributed by atoms with van der Waals surface area (Å²) in [6.45, 7) is 1.43. The number of piperazine rings is 1. The zero-order valence-corrected chi connectivity index (χ0v) is 9.72. The van der Waals surface area contributed by atoms with Crippen LogP contribution in [0.4, 0.5) is 0 Å². The van der Waals surface area contributed by atoms with Crippen molar-refractivity contribution >= 4 is 21.4 Å². The van der Waals surface area contributed by atoms with Crippen LogP contribution in [0, 0.1) is 0 Å². The van der Waals surface area contributed by atoms with Crippen LogP contribution in [0.1, 0.15) is 6.42 Å². The Balaban J connectivity index is 1.95. The maximum absolute atomic E-state index is 12.2. The van der Waals surface area contributed by atoms with E-state index in [0.717, 1.165) is 13.0 Å². The van der Waals surface area contributed by atoms with E-state index in [-0.39, 0.29) is 6.04 Å². The third kappa shape index (κ3) is 1.44. The van der Waals surface area contributed by atoms with Crippen molar-refractivity contribution in [3.8, 4) is 0 Å². The van der Waals surface area contributed by atoms with Crippen LogP contribution in [0.5, 0.6) is 0 Å². The monoisotopic (exact) mass is 244 g/mol. The Morgan fingerprint density at radius 1 is 1.53 bits per heavy atom. The fourth-order valence-electron chi connectivity index (χ4n) is 2.34. The van der Waals surface area contributed by atoms with Crippen LogP contribution in [0.2, 0.25) is 0 Å². The lowest BCUT2D eigenvalue weighted by molar-refractivity contribution is 0.349. The molecule has 2 unspecified atom stereocenters. The summed E-state index contributed by atoms with van der Waals surface area (Å²) in [7, 11) is -3.21. The topological polar surface area (TPSA) is 49.4 Å². The molecule has 15 heavy (non-hydrogen) atoms. The summed E-state index contributed by atoms with van der Waals surface area (Å²) in [5.74, 6) is 0. The first-order valence-corrected chi connectivity index (χ1v) is 7.28. The Kier molecular flexibility index (Phi) is 2.14. The largest absolute Gasteiger partial charge is 0.311 e. The summed E-state index contributed by atoms with van der Waals surface area (Å²) in [6.07, 6.45) is 0.963. The van der Waals surface area contributed by atoms with Crippen LogP contribution in [0.3, 0.4) is 0 Å². The molecule has 82 valence electrons. The minimum atomic E-state index is -3.21. The van der Waals surface area contributed by atoms with Crippen molar-refractivity contribution in [1.29, 1.82) is 0 Å². The van der Waals surface area contributed by atoms with E-state index in [9.17, 15) is 8.42 Å². The smallest absolute Gasteiger partial charge is 0.252 e. The van der Waals surface area contributed by atoms with Gasteiger partial charge in [0.2, 0.25) is 0 Å². The molecule has 1 N–H and O–H groups in total. The molecule has 0 saturated carbocycles. The number of rotatable bonds is 2. The minimum Gasteiger partial charge on any atom is -0.311 e.